The minimum Gasteiger partial charge on any atom is -0.389 e. The quantitative estimate of drug-likeness (QED) is 0.391. The van der Waals surface area contributed by atoms with E-state index < -0.39 is 6.97 Å². The summed E-state index contributed by atoms with van der Waals surface area (Å²) in [5.74, 6) is 0. The fourth-order valence-electron chi connectivity index (χ4n) is 3.08. The van der Waals surface area contributed by atoms with Crippen LogP contribution in [0.15, 0.2) is 57.3 Å². The number of hydrogen-bond acceptors (Lipinski definition) is 0. The molecule has 2 aromatic rings. The number of allylic oxidation sites excluding steroid dienone is 2. The van der Waals surface area contributed by atoms with Crippen molar-refractivity contribution in [1.29, 1.82) is 0 Å². The van der Waals surface area contributed by atoms with Crippen LogP contribution in [-0.4, -0.2) is 20.6 Å². The van der Waals surface area contributed by atoms with Gasteiger partial charge in [-0.2, -0.15) is 0 Å². The Morgan fingerprint density at radius 1 is 1.04 bits per heavy atom. The van der Waals surface area contributed by atoms with Crippen molar-refractivity contribution in [3.05, 3.63) is 73.5 Å². The summed E-state index contributed by atoms with van der Waals surface area (Å²) < 4.78 is 33.6. The Morgan fingerprint density at radius 2 is 1.79 bits per heavy atom. The molecule has 0 atom stereocenters. The lowest BCUT2D eigenvalue weighted by molar-refractivity contribution is -0.358. The summed E-state index contributed by atoms with van der Waals surface area (Å²) in [6.07, 6.45) is 3.33. The summed E-state index contributed by atoms with van der Waals surface area (Å²) in [6, 6.07) is 8.74. The molecule has 0 saturated heterocycles. The van der Waals surface area contributed by atoms with Gasteiger partial charge in [0.15, 0.2) is 5.70 Å². The van der Waals surface area contributed by atoms with Crippen LogP contribution in [0.5, 0.6) is 0 Å². The number of nitrogens with zero attached hydrogens (tertiary/aromatic N) is 2. The van der Waals surface area contributed by atoms with Crippen molar-refractivity contribution in [2.24, 2.45) is 0 Å². The van der Waals surface area contributed by atoms with Crippen molar-refractivity contribution >= 4 is 76.6 Å². The third-order valence-electron chi connectivity index (χ3n) is 4.08. The number of rotatable bonds is 1. The van der Waals surface area contributed by atoms with Crippen LogP contribution in [-0.2, 0) is 0 Å². The Morgan fingerprint density at radius 3 is 2.50 bits per heavy atom. The molecular weight excluding hydrogens is 532 g/mol. The lowest BCUT2D eigenvalue weighted by atomic mass is 9.86. The van der Waals surface area contributed by atoms with Crippen molar-refractivity contribution in [1.82, 2.24) is 4.48 Å². The van der Waals surface area contributed by atoms with Gasteiger partial charge in [-0.15, -0.1) is 0 Å². The van der Waals surface area contributed by atoms with Crippen LogP contribution in [0.2, 0.25) is 5.02 Å². The molecule has 9 heteroatoms. The average molecular weight is 539 g/mol. The molecule has 0 saturated carbocycles. The van der Waals surface area contributed by atoms with Crippen LogP contribution >= 0.6 is 59.4 Å². The topological polar surface area (TPSA) is 7.94 Å². The van der Waals surface area contributed by atoms with E-state index >= 15 is 8.63 Å². The first-order valence-corrected chi connectivity index (χ1v) is 9.67. The molecule has 122 valence electrons. The Bertz CT molecular complexity index is 995. The zero-order valence-electron chi connectivity index (χ0n) is 11.8. The molecule has 1 aromatic carbocycles. The molecule has 4 rings (SSSR count). The molecule has 0 aliphatic carbocycles. The van der Waals surface area contributed by atoms with Gasteiger partial charge in [0, 0.05) is 38.2 Å². The van der Waals surface area contributed by atoms with E-state index in [4.69, 9.17) is 11.6 Å². The van der Waals surface area contributed by atoms with E-state index in [1.54, 1.807) is 30.4 Å². The molecule has 1 aromatic heterocycles. The number of hydrogen-bond donors (Lipinski definition) is 0. The predicted octanol–water partition coefficient (Wildman–Crippen LogP) is 6.04. The van der Waals surface area contributed by atoms with Crippen molar-refractivity contribution in [3.63, 3.8) is 0 Å². The van der Waals surface area contributed by atoms with E-state index in [9.17, 15) is 0 Å². The molecule has 24 heavy (non-hydrogen) atoms. The van der Waals surface area contributed by atoms with E-state index in [1.807, 2.05) is 12.1 Å². The maximum atomic E-state index is 15.1. The fraction of sp³-hybridized carbons (Fsp3) is 0. The fourth-order valence-corrected chi connectivity index (χ4v) is 4.72. The van der Waals surface area contributed by atoms with Gasteiger partial charge in [-0.05, 0) is 61.7 Å². The zero-order valence-corrected chi connectivity index (χ0v) is 17.3. The number of benzene rings is 1. The highest BCUT2D eigenvalue weighted by atomic mass is 79.9. The number of fused-ring (bicyclic) bond motifs is 2. The lowest BCUT2D eigenvalue weighted by Gasteiger charge is -2.32. The number of aromatic nitrogens is 1. The van der Waals surface area contributed by atoms with Crippen molar-refractivity contribution in [2.75, 3.05) is 0 Å². The summed E-state index contributed by atoms with van der Waals surface area (Å²) in [4.78, 5) is 0. The van der Waals surface area contributed by atoms with Gasteiger partial charge in [0.2, 0.25) is 4.62 Å². The number of halogens is 6. The van der Waals surface area contributed by atoms with E-state index in [0.29, 0.717) is 30.1 Å². The summed E-state index contributed by atoms with van der Waals surface area (Å²) in [6.45, 7) is -4.00. The highest BCUT2D eigenvalue weighted by Gasteiger charge is 2.54. The maximum absolute atomic E-state index is 15.1. The van der Waals surface area contributed by atoms with Crippen LogP contribution in [0.25, 0.3) is 5.57 Å². The van der Waals surface area contributed by atoms with Gasteiger partial charge in [0.1, 0.15) is 0 Å². The smallest absolute Gasteiger partial charge is 0.389 e. The second-order valence-corrected chi connectivity index (χ2v) is 8.30. The molecule has 0 bridgehead atoms. The normalized spacial score (nSPS) is 18.2. The van der Waals surface area contributed by atoms with Crippen LogP contribution in [0.4, 0.5) is 8.63 Å². The Balaban J connectivity index is 2.10. The third-order valence-corrected chi connectivity index (χ3v) is 6.59. The standard InChI is InChI=1S/C15H7BBr3ClF2N2/c17-9-7-8(1-2-10(9)20)15-11-3-5-13(18)23(11)16(21,22)24-12(15)4-6-14(24)19/h1-7H. The Labute approximate surface area is 166 Å². The van der Waals surface area contributed by atoms with E-state index in [-0.39, 0.29) is 0 Å². The van der Waals surface area contributed by atoms with Gasteiger partial charge < -0.3 is 17.6 Å². The van der Waals surface area contributed by atoms with Gasteiger partial charge in [-0.25, -0.2) is 0 Å². The highest BCUT2D eigenvalue weighted by Crippen LogP contribution is 2.42. The largest absolute Gasteiger partial charge is 0.738 e. The molecule has 0 N–H and O–H groups in total. The summed E-state index contributed by atoms with van der Waals surface area (Å²) >= 11 is 16.0. The first-order chi connectivity index (χ1) is 11.3. The Kier molecular flexibility index (Phi) is 3.95. The van der Waals surface area contributed by atoms with Crippen LogP contribution in [0.3, 0.4) is 0 Å². The summed E-state index contributed by atoms with van der Waals surface area (Å²) in [7, 11) is 0. The van der Waals surface area contributed by atoms with Gasteiger partial charge in [-0.1, -0.05) is 17.7 Å². The molecular formula is C15H7BBr3ClF2N2. The lowest BCUT2D eigenvalue weighted by Crippen LogP contribution is -2.50. The van der Waals surface area contributed by atoms with Gasteiger partial charge in [0.25, 0.3) is 0 Å². The summed E-state index contributed by atoms with van der Waals surface area (Å²) in [5.41, 5.74) is 2.44. The highest BCUT2D eigenvalue weighted by molar-refractivity contribution is 9.18. The molecule has 0 spiro atoms. The first kappa shape index (κ1) is 16.8. The Hall–Kier alpha value is -0.695. The van der Waals surface area contributed by atoms with Crippen LogP contribution in [0, 0.1) is 0 Å². The second kappa shape index (κ2) is 5.66. The predicted molar refractivity (Wildman–Crippen MR) is 104 cm³/mol. The molecule has 2 nitrogen and oxygen atoms in total. The molecule has 0 amide bonds. The SMILES string of the molecule is F[B-]1(F)n2c(Br)ccc2C(c2ccc(Cl)c(Br)c2)=C2C=CC(Br)=[N+]21. The summed E-state index contributed by atoms with van der Waals surface area (Å²) in [5, 5.41) is 0.567. The molecule has 0 radical (unpaired) electrons. The van der Waals surface area contributed by atoms with E-state index in [1.165, 1.54) is 0 Å². The molecule has 3 heterocycles. The van der Waals surface area contributed by atoms with Crippen molar-refractivity contribution in [3.8, 4) is 0 Å². The van der Waals surface area contributed by atoms with E-state index in [0.717, 1.165) is 20.1 Å². The van der Waals surface area contributed by atoms with Crippen molar-refractivity contribution in [2.45, 2.75) is 0 Å². The molecule has 0 fully saturated rings. The van der Waals surface area contributed by atoms with Crippen LogP contribution in [0.1, 0.15) is 11.3 Å². The second-order valence-electron chi connectivity index (χ2n) is 5.41. The minimum absolute atomic E-state index is 0.333. The average Bonchev–Trinajstić information content (AvgIpc) is 3.08. The van der Waals surface area contributed by atoms with Crippen LogP contribution < -0.4 is 0 Å². The van der Waals surface area contributed by atoms with Crippen molar-refractivity contribution < 1.29 is 13.1 Å². The molecule has 2 aliphatic heterocycles. The monoisotopic (exact) mass is 536 g/mol. The van der Waals surface area contributed by atoms with Gasteiger partial charge in [-0.3, -0.25) is 0 Å². The third kappa shape index (κ3) is 2.26. The molecule has 0 unspecified atom stereocenters. The van der Waals surface area contributed by atoms with Gasteiger partial charge >= 0.3 is 6.97 Å². The maximum Gasteiger partial charge on any atom is 0.738 e. The zero-order chi connectivity index (χ0) is 17.2. The van der Waals surface area contributed by atoms with E-state index in [2.05, 4.69) is 47.8 Å². The minimum atomic E-state index is -4.00. The van der Waals surface area contributed by atoms with Gasteiger partial charge in [0.05, 0.1) is 15.2 Å². The molecule has 2 aliphatic rings. The first-order valence-electron chi connectivity index (χ1n) is 6.91.